The molecule has 2 aliphatic heterocycles. The lowest BCUT2D eigenvalue weighted by Gasteiger charge is -2.18. The van der Waals surface area contributed by atoms with Gasteiger partial charge >= 0.3 is 11.9 Å². The smallest absolute Gasteiger partial charge is 0.339 e. The molecule has 1 N–H and O–H groups in total. The normalized spacial score (nSPS) is 13.2. The predicted octanol–water partition coefficient (Wildman–Crippen LogP) is 2.70. The van der Waals surface area contributed by atoms with Gasteiger partial charge in [-0.2, -0.15) is 0 Å². The van der Waals surface area contributed by atoms with E-state index in [1.165, 1.54) is 26.4 Å². The second-order valence-corrected chi connectivity index (χ2v) is 6.16. The Balaban J connectivity index is 2.11. The van der Waals surface area contributed by atoms with Crippen molar-refractivity contribution in [3.8, 4) is 45.6 Å². The van der Waals surface area contributed by atoms with E-state index < -0.39 is 11.9 Å². The number of hydrogen-bond acceptors (Lipinski definition) is 9. The van der Waals surface area contributed by atoms with Gasteiger partial charge in [0.15, 0.2) is 23.0 Å². The highest BCUT2D eigenvalue weighted by molar-refractivity contribution is 6.08. The Bertz CT molecular complexity index is 1040. The van der Waals surface area contributed by atoms with Crippen LogP contribution >= 0.6 is 0 Å². The van der Waals surface area contributed by atoms with Gasteiger partial charge in [0.25, 0.3) is 0 Å². The maximum Gasteiger partial charge on any atom is 0.339 e. The summed E-state index contributed by atoms with van der Waals surface area (Å²) < 4.78 is 37.9. The summed E-state index contributed by atoms with van der Waals surface area (Å²) in [6, 6.07) is 2.71. The van der Waals surface area contributed by atoms with Gasteiger partial charge in [-0.25, -0.2) is 9.59 Å². The van der Waals surface area contributed by atoms with Gasteiger partial charge in [-0.05, 0) is 19.1 Å². The Morgan fingerprint density at radius 2 is 1.33 bits per heavy atom. The van der Waals surface area contributed by atoms with Gasteiger partial charge in [-0.3, -0.25) is 0 Å². The highest BCUT2D eigenvalue weighted by Gasteiger charge is 2.37. The fraction of sp³-hybridized carbons (Fsp3) is 0.300. The van der Waals surface area contributed by atoms with Gasteiger partial charge in [-0.1, -0.05) is 0 Å². The fourth-order valence-electron chi connectivity index (χ4n) is 3.41. The molecule has 30 heavy (non-hydrogen) atoms. The van der Waals surface area contributed by atoms with Crippen LogP contribution in [0.3, 0.4) is 0 Å². The number of fused-ring (bicyclic) bond motifs is 2. The lowest BCUT2D eigenvalue weighted by molar-refractivity contribution is 0.0525. The first-order valence-electron chi connectivity index (χ1n) is 8.93. The molecular weight excluding hydrogens is 400 g/mol. The first-order valence-corrected chi connectivity index (χ1v) is 8.93. The number of benzene rings is 2. The molecule has 0 unspecified atom stereocenters. The van der Waals surface area contributed by atoms with Crippen molar-refractivity contribution in [3.05, 3.63) is 23.3 Å². The molecule has 0 bridgehead atoms. The molecule has 10 heteroatoms. The minimum atomic E-state index is -1.26. The summed E-state index contributed by atoms with van der Waals surface area (Å²) >= 11 is 0. The summed E-state index contributed by atoms with van der Waals surface area (Å²) in [5, 5.41) is 9.90. The summed E-state index contributed by atoms with van der Waals surface area (Å²) in [5.41, 5.74) is 0.0830. The zero-order valence-electron chi connectivity index (χ0n) is 16.4. The van der Waals surface area contributed by atoms with E-state index in [0.717, 1.165) is 0 Å². The number of aromatic carboxylic acids is 1. The van der Waals surface area contributed by atoms with Gasteiger partial charge < -0.3 is 38.3 Å². The molecule has 0 fully saturated rings. The summed E-state index contributed by atoms with van der Waals surface area (Å²) in [7, 11) is 2.80. The lowest BCUT2D eigenvalue weighted by Crippen LogP contribution is -2.10. The second kappa shape index (κ2) is 7.54. The Morgan fingerprint density at radius 1 is 0.867 bits per heavy atom. The van der Waals surface area contributed by atoms with Crippen molar-refractivity contribution in [3.63, 3.8) is 0 Å². The third kappa shape index (κ3) is 2.88. The molecule has 0 saturated carbocycles. The molecule has 0 atom stereocenters. The van der Waals surface area contributed by atoms with Gasteiger partial charge in [0.1, 0.15) is 0 Å². The maximum atomic E-state index is 12.8. The van der Waals surface area contributed by atoms with Crippen molar-refractivity contribution in [1.82, 2.24) is 0 Å². The van der Waals surface area contributed by atoms with Crippen molar-refractivity contribution >= 4 is 11.9 Å². The van der Waals surface area contributed by atoms with Crippen LogP contribution in [-0.2, 0) is 4.74 Å². The molecule has 10 nitrogen and oxygen atoms in total. The van der Waals surface area contributed by atoms with Crippen LogP contribution in [-0.4, -0.2) is 51.5 Å². The van der Waals surface area contributed by atoms with Crippen LogP contribution in [0.4, 0.5) is 0 Å². The first kappa shape index (κ1) is 19.5. The second-order valence-electron chi connectivity index (χ2n) is 6.16. The monoisotopic (exact) mass is 418 g/mol. The fourth-order valence-corrected chi connectivity index (χ4v) is 3.41. The number of rotatable bonds is 6. The summed E-state index contributed by atoms with van der Waals surface area (Å²) in [6.07, 6.45) is 0. The van der Waals surface area contributed by atoms with Gasteiger partial charge in [0.2, 0.25) is 25.1 Å². The molecular formula is C20H18O10. The molecule has 4 rings (SSSR count). The summed E-state index contributed by atoms with van der Waals surface area (Å²) in [6.45, 7) is 1.49. The third-order valence-electron chi connectivity index (χ3n) is 4.63. The number of carboxylic acid groups (broad SMARTS) is 1. The van der Waals surface area contributed by atoms with Gasteiger partial charge in [0.05, 0.1) is 32.0 Å². The molecule has 0 radical (unpaired) electrons. The molecule has 2 heterocycles. The van der Waals surface area contributed by atoms with Crippen LogP contribution in [0.15, 0.2) is 12.1 Å². The highest BCUT2D eigenvalue weighted by atomic mass is 16.7. The molecule has 0 saturated heterocycles. The van der Waals surface area contributed by atoms with E-state index in [-0.39, 0.29) is 76.9 Å². The molecule has 2 aliphatic rings. The Labute approximate surface area is 170 Å². The molecule has 0 aliphatic carbocycles. The van der Waals surface area contributed by atoms with Crippen molar-refractivity contribution in [2.24, 2.45) is 0 Å². The number of esters is 1. The van der Waals surface area contributed by atoms with Gasteiger partial charge in [0, 0.05) is 11.1 Å². The van der Waals surface area contributed by atoms with Crippen LogP contribution in [0.2, 0.25) is 0 Å². The quantitative estimate of drug-likeness (QED) is 0.701. The standard InChI is InChI=1S/C20H18O10/c1-4-26-20(23)10-6-12(25-3)16-18(30-8-28-16)14(10)13-9(19(21)22)5-11(24-2)15-17(13)29-7-27-15/h5-6H,4,7-8H2,1-3H3,(H,21,22). The molecule has 2 aromatic carbocycles. The summed E-state index contributed by atoms with van der Waals surface area (Å²) in [4.78, 5) is 24.9. The van der Waals surface area contributed by atoms with Crippen molar-refractivity contribution in [2.45, 2.75) is 6.92 Å². The number of hydrogen-bond donors (Lipinski definition) is 1. The van der Waals surface area contributed by atoms with E-state index in [4.69, 9.17) is 33.2 Å². The third-order valence-corrected chi connectivity index (χ3v) is 4.63. The minimum absolute atomic E-state index is 0.0308. The van der Waals surface area contributed by atoms with E-state index in [1.807, 2.05) is 0 Å². The van der Waals surface area contributed by atoms with Gasteiger partial charge in [-0.15, -0.1) is 0 Å². The zero-order valence-corrected chi connectivity index (χ0v) is 16.4. The Morgan fingerprint density at radius 3 is 1.80 bits per heavy atom. The molecule has 0 amide bonds. The maximum absolute atomic E-state index is 12.8. The average molecular weight is 418 g/mol. The van der Waals surface area contributed by atoms with E-state index >= 15 is 0 Å². The van der Waals surface area contributed by atoms with Crippen molar-refractivity contribution in [2.75, 3.05) is 34.4 Å². The van der Waals surface area contributed by atoms with Crippen LogP contribution in [0.5, 0.6) is 34.5 Å². The van der Waals surface area contributed by atoms with Crippen LogP contribution in [0, 0.1) is 0 Å². The number of carbonyl (C=O) groups is 2. The van der Waals surface area contributed by atoms with Crippen LogP contribution in [0.25, 0.3) is 11.1 Å². The first-order chi connectivity index (χ1) is 14.5. The number of methoxy groups -OCH3 is 2. The number of ether oxygens (including phenoxy) is 7. The Kier molecular flexibility index (Phi) is 4.90. The summed E-state index contributed by atoms with van der Waals surface area (Å²) in [5.74, 6) is -0.819. The molecule has 2 aromatic rings. The van der Waals surface area contributed by atoms with Crippen molar-refractivity contribution < 1.29 is 47.9 Å². The zero-order chi connectivity index (χ0) is 21.4. The Hall–Kier alpha value is -3.82. The van der Waals surface area contributed by atoms with Crippen molar-refractivity contribution in [1.29, 1.82) is 0 Å². The van der Waals surface area contributed by atoms with E-state index in [1.54, 1.807) is 6.92 Å². The predicted molar refractivity (Wildman–Crippen MR) is 100 cm³/mol. The lowest BCUT2D eigenvalue weighted by atomic mass is 9.92. The van der Waals surface area contributed by atoms with E-state index in [9.17, 15) is 14.7 Å². The number of carboxylic acids is 1. The molecule has 158 valence electrons. The topological polar surface area (TPSA) is 119 Å². The SMILES string of the molecule is CCOC(=O)c1cc(OC)c2c(c1-c1c(C(=O)O)cc(OC)c3c1OCO3)OCO2. The molecule has 0 aromatic heterocycles. The van der Waals surface area contributed by atoms with E-state index in [2.05, 4.69) is 0 Å². The molecule has 0 spiro atoms. The average Bonchev–Trinajstić information content (AvgIpc) is 3.41. The number of carbonyl (C=O) groups excluding carboxylic acids is 1. The largest absolute Gasteiger partial charge is 0.493 e. The van der Waals surface area contributed by atoms with E-state index in [0.29, 0.717) is 0 Å². The van der Waals surface area contributed by atoms with Crippen LogP contribution in [0.1, 0.15) is 27.6 Å². The highest BCUT2D eigenvalue weighted by Crippen LogP contribution is 2.56. The van der Waals surface area contributed by atoms with Crippen LogP contribution < -0.4 is 28.4 Å². The minimum Gasteiger partial charge on any atom is -0.493 e.